The van der Waals surface area contributed by atoms with Gasteiger partial charge in [-0.1, -0.05) is 6.07 Å². The average Bonchev–Trinajstić information content (AvgIpc) is 3.27. The zero-order valence-corrected chi connectivity index (χ0v) is 17.0. The van der Waals surface area contributed by atoms with E-state index >= 15 is 0 Å². The Labute approximate surface area is 173 Å². The molecule has 2 N–H and O–H groups in total. The lowest BCUT2D eigenvalue weighted by atomic mass is 10.2. The van der Waals surface area contributed by atoms with Gasteiger partial charge in [0.2, 0.25) is 0 Å². The van der Waals surface area contributed by atoms with E-state index < -0.39 is 12.7 Å². The summed E-state index contributed by atoms with van der Waals surface area (Å²) in [4.78, 5) is 9.95. The maximum absolute atomic E-state index is 14.5. The highest BCUT2D eigenvalue weighted by molar-refractivity contribution is 5.80. The third-order valence-electron chi connectivity index (χ3n) is 4.88. The van der Waals surface area contributed by atoms with Crippen LogP contribution in [0.15, 0.2) is 35.6 Å². The summed E-state index contributed by atoms with van der Waals surface area (Å²) in [5.74, 6) is 0.820. The van der Waals surface area contributed by atoms with Crippen molar-refractivity contribution in [1.82, 2.24) is 25.1 Å². The van der Waals surface area contributed by atoms with Crippen molar-refractivity contribution in [3.05, 3.63) is 47.8 Å². The summed E-state index contributed by atoms with van der Waals surface area (Å²) in [5, 5.41) is 6.27. The molecule has 0 aliphatic carbocycles. The fourth-order valence-corrected chi connectivity index (χ4v) is 3.51. The molecular formula is C20H26F4N6. The Morgan fingerprint density at radius 1 is 1.33 bits per heavy atom. The molecule has 1 aromatic heterocycles. The number of nitrogens with zero attached hydrogens (tertiary/aromatic N) is 4. The van der Waals surface area contributed by atoms with Gasteiger partial charge in [-0.3, -0.25) is 4.90 Å². The molecule has 1 unspecified atom stereocenters. The lowest BCUT2D eigenvalue weighted by Gasteiger charge is -2.19. The first-order chi connectivity index (χ1) is 14.2. The summed E-state index contributed by atoms with van der Waals surface area (Å²) in [6.45, 7) is 4.34. The van der Waals surface area contributed by atoms with Crippen molar-refractivity contribution < 1.29 is 17.6 Å². The van der Waals surface area contributed by atoms with Crippen LogP contribution in [0.2, 0.25) is 0 Å². The third-order valence-corrected chi connectivity index (χ3v) is 4.88. The number of rotatable bonds is 6. The van der Waals surface area contributed by atoms with E-state index in [0.717, 1.165) is 0 Å². The fraction of sp³-hybridized carbons (Fsp3) is 0.500. The van der Waals surface area contributed by atoms with Gasteiger partial charge < -0.3 is 15.2 Å². The van der Waals surface area contributed by atoms with Crippen molar-refractivity contribution in [3.8, 4) is 5.69 Å². The molecule has 0 bridgehead atoms. The van der Waals surface area contributed by atoms with Crippen LogP contribution in [0, 0.1) is 12.7 Å². The topological polar surface area (TPSA) is 57.5 Å². The van der Waals surface area contributed by atoms with Gasteiger partial charge in [0.25, 0.3) is 0 Å². The molecule has 1 aliphatic rings. The summed E-state index contributed by atoms with van der Waals surface area (Å²) in [6.07, 6.45) is -0.282. The monoisotopic (exact) mass is 426 g/mol. The van der Waals surface area contributed by atoms with Gasteiger partial charge >= 0.3 is 6.18 Å². The molecule has 2 heterocycles. The Morgan fingerprint density at radius 2 is 2.13 bits per heavy atom. The SMILES string of the molecule is CCNC(=NCc1ccc(-n2ccnc2C)c(F)c1)NC1CCN(CC(F)(F)F)C1. The Hall–Kier alpha value is -2.62. The maximum Gasteiger partial charge on any atom is 0.401 e. The normalized spacial score (nSPS) is 18.1. The van der Waals surface area contributed by atoms with E-state index in [1.807, 2.05) is 6.92 Å². The van der Waals surface area contributed by atoms with Crippen LogP contribution in [0.5, 0.6) is 0 Å². The summed E-state index contributed by atoms with van der Waals surface area (Å²) >= 11 is 0. The maximum atomic E-state index is 14.5. The summed E-state index contributed by atoms with van der Waals surface area (Å²) in [6, 6.07) is 4.79. The molecule has 1 aromatic carbocycles. The van der Waals surface area contributed by atoms with E-state index in [2.05, 4.69) is 20.6 Å². The minimum Gasteiger partial charge on any atom is -0.357 e. The molecule has 30 heavy (non-hydrogen) atoms. The Kier molecular flexibility index (Phi) is 6.96. The van der Waals surface area contributed by atoms with E-state index in [1.165, 1.54) is 11.0 Å². The van der Waals surface area contributed by atoms with Crippen molar-refractivity contribution in [3.63, 3.8) is 0 Å². The van der Waals surface area contributed by atoms with Gasteiger partial charge in [0.05, 0.1) is 18.8 Å². The number of hydrogen-bond donors (Lipinski definition) is 2. The zero-order valence-electron chi connectivity index (χ0n) is 17.0. The Morgan fingerprint density at radius 3 is 2.77 bits per heavy atom. The average molecular weight is 426 g/mol. The zero-order chi connectivity index (χ0) is 21.7. The lowest BCUT2D eigenvalue weighted by molar-refractivity contribution is -0.143. The number of likely N-dealkylation sites (tertiary alicyclic amines) is 1. The number of hydrogen-bond acceptors (Lipinski definition) is 3. The van der Waals surface area contributed by atoms with Crippen molar-refractivity contribution in [2.24, 2.45) is 4.99 Å². The highest BCUT2D eigenvalue weighted by atomic mass is 19.4. The van der Waals surface area contributed by atoms with Crippen LogP contribution < -0.4 is 10.6 Å². The van der Waals surface area contributed by atoms with Crippen LogP contribution in [-0.2, 0) is 6.54 Å². The van der Waals surface area contributed by atoms with E-state index in [1.54, 1.807) is 36.0 Å². The number of aromatic nitrogens is 2. The molecule has 0 radical (unpaired) electrons. The molecule has 0 spiro atoms. The highest BCUT2D eigenvalue weighted by Crippen LogP contribution is 2.20. The van der Waals surface area contributed by atoms with Gasteiger partial charge in [0.15, 0.2) is 5.96 Å². The van der Waals surface area contributed by atoms with E-state index in [9.17, 15) is 17.6 Å². The lowest BCUT2D eigenvalue weighted by Crippen LogP contribution is -2.45. The standard InChI is InChI=1S/C20H26F4N6/c1-3-25-19(28-16-6-8-29(12-16)13-20(22,23)24)27-11-15-4-5-18(17(21)10-15)30-9-7-26-14(30)2/h4-5,7,9-10,16H,3,6,8,11-13H2,1-2H3,(H2,25,27,28). The third kappa shape index (κ3) is 5.94. The molecule has 3 rings (SSSR count). The van der Waals surface area contributed by atoms with Gasteiger partial charge in [-0.05, 0) is 38.0 Å². The van der Waals surface area contributed by atoms with Crippen molar-refractivity contribution in [2.45, 2.75) is 39.0 Å². The van der Waals surface area contributed by atoms with Crippen LogP contribution in [-0.4, -0.2) is 58.8 Å². The number of halogens is 4. The number of guanidine groups is 1. The van der Waals surface area contributed by atoms with Crippen LogP contribution in [0.25, 0.3) is 5.69 Å². The van der Waals surface area contributed by atoms with E-state index in [4.69, 9.17) is 0 Å². The van der Waals surface area contributed by atoms with Crippen molar-refractivity contribution >= 4 is 5.96 Å². The molecule has 10 heteroatoms. The van der Waals surface area contributed by atoms with Gasteiger partial charge in [-0.25, -0.2) is 14.4 Å². The van der Waals surface area contributed by atoms with Crippen molar-refractivity contribution in [1.29, 1.82) is 0 Å². The quantitative estimate of drug-likeness (QED) is 0.424. The van der Waals surface area contributed by atoms with Gasteiger partial charge in [0, 0.05) is 38.1 Å². The highest BCUT2D eigenvalue weighted by Gasteiger charge is 2.34. The smallest absolute Gasteiger partial charge is 0.357 e. The van der Waals surface area contributed by atoms with Crippen LogP contribution >= 0.6 is 0 Å². The molecule has 6 nitrogen and oxygen atoms in total. The number of aliphatic imine (C=N–C) groups is 1. The van der Waals surface area contributed by atoms with Gasteiger partial charge in [-0.2, -0.15) is 13.2 Å². The first-order valence-electron chi connectivity index (χ1n) is 9.88. The number of nitrogens with one attached hydrogen (secondary N) is 2. The Bertz CT molecular complexity index is 876. The predicted octanol–water partition coefficient (Wildman–Crippen LogP) is 3.01. The summed E-state index contributed by atoms with van der Waals surface area (Å²) in [5.41, 5.74) is 1.11. The second-order valence-electron chi connectivity index (χ2n) is 7.31. The molecule has 1 fully saturated rings. The number of benzene rings is 1. The van der Waals surface area contributed by atoms with Gasteiger partial charge in [-0.15, -0.1) is 0 Å². The molecule has 0 amide bonds. The number of alkyl halides is 3. The first kappa shape index (κ1) is 22.1. The molecule has 2 aromatic rings. The van der Waals surface area contributed by atoms with Crippen LogP contribution in [0.1, 0.15) is 24.7 Å². The minimum atomic E-state index is -4.20. The number of aryl methyl sites for hydroxylation is 1. The fourth-order valence-electron chi connectivity index (χ4n) is 3.51. The minimum absolute atomic E-state index is 0.117. The Balaban J connectivity index is 1.62. The number of imidazole rings is 1. The first-order valence-corrected chi connectivity index (χ1v) is 9.88. The molecular weight excluding hydrogens is 400 g/mol. The second-order valence-corrected chi connectivity index (χ2v) is 7.31. The van der Waals surface area contributed by atoms with E-state index in [-0.39, 0.29) is 18.4 Å². The molecule has 0 saturated carbocycles. The van der Waals surface area contributed by atoms with E-state index in [0.29, 0.717) is 49.1 Å². The van der Waals surface area contributed by atoms with Crippen LogP contribution in [0.4, 0.5) is 17.6 Å². The van der Waals surface area contributed by atoms with Crippen LogP contribution in [0.3, 0.4) is 0 Å². The predicted molar refractivity (Wildman–Crippen MR) is 107 cm³/mol. The molecule has 1 saturated heterocycles. The van der Waals surface area contributed by atoms with Gasteiger partial charge in [0.1, 0.15) is 11.6 Å². The molecule has 1 atom stereocenters. The largest absolute Gasteiger partial charge is 0.401 e. The summed E-state index contributed by atoms with van der Waals surface area (Å²) in [7, 11) is 0. The summed E-state index contributed by atoms with van der Waals surface area (Å²) < 4.78 is 53.9. The van der Waals surface area contributed by atoms with Crippen molar-refractivity contribution in [2.75, 3.05) is 26.2 Å². The molecule has 164 valence electrons. The second kappa shape index (κ2) is 9.46. The molecule has 1 aliphatic heterocycles.